The van der Waals surface area contributed by atoms with Crippen molar-refractivity contribution in [2.75, 3.05) is 0 Å². The highest BCUT2D eigenvalue weighted by atomic mass is 35.5. The number of hydrogen-bond donors (Lipinski definition) is 2. The molecule has 0 heterocycles. The highest BCUT2D eigenvalue weighted by Crippen LogP contribution is 2.28. The number of halogens is 2. The third-order valence-electron chi connectivity index (χ3n) is 2.60. The Kier molecular flexibility index (Phi) is 7.00. The second kappa shape index (κ2) is 7.13. The van der Waals surface area contributed by atoms with Gasteiger partial charge in [0.05, 0.1) is 12.1 Å². The smallest absolute Gasteiger partial charge is 0.0733 e. The number of aryl methyl sites for hydroxylation is 1. The minimum Gasteiger partial charge on any atom is -0.391 e. The van der Waals surface area contributed by atoms with Gasteiger partial charge in [-0.05, 0) is 30.5 Å². The summed E-state index contributed by atoms with van der Waals surface area (Å²) < 4.78 is 0. The summed E-state index contributed by atoms with van der Waals surface area (Å²) >= 11 is 6.08. The standard InChI is InChI=1S/C12H18ClNO.ClH/c1-3-5-10(15)12(14)11-8(2)6-4-7-9(11)13;/h4,6-7,10,12,15H,3,5,14H2,1-2H3;1H/t10-,12-;/m0./s1. The molecule has 0 amide bonds. The Hall–Kier alpha value is -0.280. The highest BCUT2D eigenvalue weighted by Gasteiger charge is 2.19. The number of aliphatic hydroxyl groups is 1. The molecule has 0 bridgehead atoms. The molecule has 1 aromatic carbocycles. The van der Waals surface area contributed by atoms with E-state index in [0.29, 0.717) is 11.4 Å². The molecule has 1 rings (SSSR count). The van der Waals surface area contributed by atoms with Gasteiger partial charge in [-0.1, -0.05) is 37.1 Å². The number of hydrogen-bond acceptors (Lipinski definition) is 2. The van der Waals surface area contributed by atoms with E-state index < -0.39 is 12.1 Å². The predicted molar refractivity (Wildman–Crippen MR) is 71.3 cm³/mol. The third-order valence-corrected chi connectivity index (χ3v) is 2.93. The van der Waals surface area contributed by atoms with Crippen LogP contribution in [0.3, 0.4) is 0 Å². The van der Waals surface area contributed by atoms with E-state index in [0.717, 1.165) is 17.5 Å². The van der Waals surface area contributed by atoms with Crippen LogP contribution in [0.25, 0.3) is 0 Å². The molecule has 0 unspecified atom stereocenters. The first kappa shape index (κ1) is 15.7. The second-order valence-corrected chi connectivity index (χ2v) is 4.26. The molecule has 92 valence electrons. The molecule has 0 aromatic heterocycles. The molecule has 0 saturated heterocycles. The van der Waals surface area contributed by atoms with Gasteiger partial charge >= 0.3 is 0 Å². The van der Waals surface area contributed by atoms with Crippen molar-refractivity contribution in [3.05, 3.63) is 34.3 Å². The van der Waals surface area contributed by atoms with E-state index >= 15 is 0 Å². The molecule has 4 heteroatoms. The van der Waals surface area contributed by atoms with Gasteiger partial charge < -0.3 is 10.8 Å². The molecule has 2 nitrogen and oxygen atoms in total. The zero-order valence-corrected chi connectivity index (χ0v) is 11.2. The van der Waals surface area contributed by atoms with Gasteiger partial charge in [0, 0.05) is 5.02 Å². The minimum atomic E-state index is -0.520. The van der Waals surface area contributed by atoms with Crippen molar-refractivity contribution in [1.29, 1.82) is 0 Å². The lowest BCUT2D eigenvalue weighted by Gasteiger charge is -2.21. The molecule has 0 aliphatic carbocycles. The van der Waals surface area contributed by atoms with Crippen LogP contribution >= 0.6 is 24.0 Å². The van der Waals surface area contributed by atoms with Gasteiger partial charge in [0.2, 0.25) is 0 Å². The van der Waals surface area contributed by atoms with Gasteiger partial charge in [-0.25, -0.2) is 0 Å². The maximum atomic E-state index is 9.84. The van der Waals surface area contributed by atoms with E-state index in [4.69, 9.17) is 17.3 Å². The molecule has 0 saturated carbocycles. The van der Waals surface area contributed by atoms with Crippen LogP contribution in [0.15, 0.2) is 18.2 Å². The molecule has 0 spiro atoms. The number of nitrogens with two attached hydrogens (primary N) is 1. The first-order chi connectivity index (χ1) is 7.07. The molecular weight excluding hydrogens is 245 g/mol. The van der Waals surface area contributed by atoms with Crippen LogP contribution in [-0.2, 0) is 0 Å². The maximum absolute atomic E-state index is 9.84. The first-order valence-electron chi connectivity index (χ1n) is 5.26. The Morgan fingerprint density at radius 2 is 2.06 bits per heavy atom. The van der Waals surface area contributed by atoms with Crippen molar-refractivity contribution in [2.45, 2.75) is 38.8 Å². The van der Waals surface area contributed by atoms with Crippen molar-refractivity contribution in [1.82, 2.24) is 0 Å². The molecule has 0 fully saturated rings. The van der Waals surface area contributed by atoms with Crippen molar-refractivity contribution in [2.24, 2.45) is 5.73 Å². The summed E-state index contributed by atoms with van der Waals surface area (Å²) in [5.74, 6) is 0. The van der Waals surface area contributed by atoms with Gasteiger partial charge in [-0.15, -0.1) is 12.4 Å². The van der Waals surface area contributed by atoms with Crippen LogP contribution in [0, 0.1) is 6.92 Å². The third kappa shape index (κ3) is 3.63. The second-order valence-electron chi connectivity index (χ2n) is 3.85. The zero-order chi connectivity index (χ0) is 11.4. The van der Waals surface area contributed by atoms with Gasteiger partial charge in [0.15, 0.2) is 0 Å². The molecule has 2 atom stereocenters. The SMILES string of the molecule is CCC[C@H](O)[C@H](N)c1c(C)cccc1Cl.Cl. The van der Waals surface area contributed by atoms with Gasteiger partial charge in [-0.2, -0.15) is 0 Å². The number of benzene rings is 1. The lowest BCUT2D eigenvalue weighted by Crippen LogP contribution is -2.27. The first-order valence-corrected chi connectivity index (χ1v) is 5.64. The predicted octanol–water partition coefficient (Wildman–Crippen LogP) is 3.23. The van der Waals surface area contributed by atoms with Crippen molar-refractivity contribution in [3.63, 3.8) is 0 Å². The average Bonchev–Trinajstić information content (AvgIpc) is 2.17. The van der Waals surface area contributed by atoms with Crippen molar-refractivity contribution in [3.8, 4) is 0 Å². The van der Waals surface area contributed by atoms with Crippen LogP contribution in [0.4, 0.5) is 0 Å². The summed E-state index contributed by atoms with van der Waals surface area (Å²) in [5.41, 5.74) is 7.89. The maximum Gasteiger partial charge on any atom is 0.0733 e. The Bertz CT molecular complexity index is 311. The largest absolute Gasteiger partial charge is 0.391 e. The summed E-state index contributed by atoms with van der Waals surface area (Å²) in [4.78, 5) is 0. The summed E-state index contributed by atoms with van der Waals surface area (Å²) in [7, 11) is 0. The van der Waals surface area contributed by atoms with E-state index in [1.165, 1.54) is 0 Å². The Labute approximate surface area is 108 Å². The van der Waals surface area contributed by atoms with Gasteiger partial charge in [0.25, 0.3) is 0 Å². The van der Waals surface area contributed by atoms with E-state index in [-0.39, 0.29) is 12.4 Å². The average molecular weight is 264 g/mol. The van der Waals surface area contributed by atoms with Crippen LogP contribution in [0.1, 0.15) is 36.9 Å². The molecule has 3 N–H and O–H groups in total. The summed E-state index contributed by atoms with van der Waals surface area (Å²) in [6.45, 7) is 3.98. The lowest BCUT2D eigenvalue weighted by molar-refractivity contribution is 0.134. The van der Waals surface area contributed by atoms with E-state index in [1.54, 1.807) is 0 Å². The van der Waals surface area contributed by atoms with Gasteiger partial charge in [0.1, 0.15) is 0 Å². The van der Waals surface area contributed by atoms with E-state index in [1.807, 2.05) is 32.0 Å². The van der Waals surface area contributed by atoms with Crippen LogP contribution in [0.2, 0.25) is 5.02 Å². The lowest BCUT2D eigenvalue weighted by atomic mass is 9.95. The zero-order valence-electron chi connectivity index (χ0n) is 9.61. The number of rotatable bonds is 4. The summed E-state index contributed by atoms with van der Waals surface area (Å²) in [6.07, 6.45) is 1.10. The molecular formula is C12H19Cl2NO. The fraction of sp³-hybridized carbons (Fsp3) is 0.500. The van der Waals surface area contributed by atoms with Crippen LogP contribution in [0.5, 0.6) is 0 Å². The topological polar surface area (TPSA) is 46.2 Å². The fourth-order valence-corrected chi connectivity index (χ4v) is 2.08. The fourth-order valence-electron chi connectivity index (χ4n) is 1.73. The molecule has 16 heavy (non-hydrogen) atoms. The van der Waals surface area contributed by atoms with Crippen molar-refractivity contribution >= 4 is 24.0 Å². The molecule has 0 aliphatic heterocycles. The Morgan fingerprint density at radius 1 is 1.44 bits per heavy atom. The summed E-state index contributed by atoms with van der Waals surface area (Å²) in [5, 5.41) is 10.5. The quantitative estimate of drug-likeness (QED) is 0.877. The normalized spacial score (nSPS) is 14.1. The van der Waals surface area contributed by atoms with Crippen LogP contribution < -0.4 is 5.73 Å². The van der Waals surface area contributed by atoms with E-state index in [2.05, 4.69) is 0 Å². The number of aliphatic hydroxyl groups excluding tert-OH is 1. The molecule has 0 aliphatic rings. The van der Waals surface area contributed by atoms with Gasteiger partial charge in [-0.3, -0.25) is 0 Å². The van der Waals surface area contributed by atoms with Crippen LogP contribution in [-0.4, -0.2) is 11.2 Å². The molecule has 1 aromatic rings. The van der Waals surface area contributed by atoms with E-state index in [9.17, 15) is 5.11 Å². The molecule has 0 radical (unpaired) electrons. The monoisotopic (exact) mass is 263 g/mol. The minimum absolute atomic E-state index is 0. The Balaban J connectivity index is 0.00000225. The highest BCUT2D eigenvalue weighted by molar-refractivity contribution is 6.31. The Morgan fingerprint density at radius 3 is 2.56 bits per heavy atom. The van der Waals surface area contributed by atoms with Crippen molar-refractivity contribution < 1.29 is 5.11 Å². The summed E-state index contributed by atoms with van der Waals surface area (Å²) in [6, 6.07) is 5.26.